The minimum absolute atomic E-state index is 0.0498. The van der Waals surface area contributed by atoms with Crippen molar-refractivity contribution >= 4 is 16.9 Å². The molecular formula is C27H26F3N5O4. The molecule has 1 amide bonds. The number of nitrogens with zero attached hydrogens (tertiary/aromatic N) is 5. The van der Waals surface area contributed by atoms with Crippen LogP contribution in [-0.4, -0.2) is 65.2 Å². The Bertz CT molecular complexity index is 1570. The van der Waals surface area contributed by atoms with Crippen LogP contribution in [-0.2, 0) is 12.1 Å². The molecule has 3 heterocycles. The zero-order valence-corrected chi connectivity index (χ0v) is 21.0. The first-order chi connectivity index (χ1) is 18.4. The van der Waals surface area contributed by atoms with E-state index in [2.05, 4.69) is 10.1 Å². The van der Waals surface area contributed by atoms with Gasteiger partial charge in [-0.05, 0) is 38.0 Å². The molecule has 0 spiro atoms. The first-order valence-corrected chi connectivity index (χ1v) is 12.3. The maximum Gasteiger partial charge on any atom is 0.421 e. The van der Waals surface area contributed by atoms with E-state index < -0.39 is 28.8 Å². The number of piperidine rings is 1. The Morgan fingerprint density at radius 2 is 1.69 bits per heavy atom. The van der Waals surface area contributed by atoms with Crippen molar-refractivity contribution in [3.05, 3.63) is 88.6 Å². The lowest BCUT2D eigenvalue weighted by Crippen LogP contribution is -2.50. The average Bonchev–Trinajstić information content (AvgIpc) is 3.35. The van der Waals surface area contributed by atoms with Gasteiger partial charge in [-0.15, -0.1) is 0 Å². The number of hydrogen-bond donors (Lipinski definition) is 2. The van der Waals surface area contributed by atoms with Gasteiger partial charge in [0.05, 0.1) is 24.0 Å². The number of likely N-dealkylation sites (tertiary alicyclic amines) is 1. The van der Waals surface area contributed by atoms with E-state index >= 15 is 0 Å². The van der Waals surface area contributed by atoms with Crippen LogP contribution >= 0.6 is 0 Å². The van der Waals surface area contributed by atoms with Crippen molar-refractivity contribution in [2.24, 2.45) is 0 Å². The third-order valence-electron chi connectivity index (χ3n) is 7.24. The minimum Gasteiger partial charge on any atom is -0.388 e. The summed E-state index contributed by atoms with van der Waals surface area (Å²) >= 11 is 0. The second-order valence-electron chi connectivity index (χ2n) is 9.94. The molecule has 2 aromatic heterocycles. The van der Waals surface area contributed by atoms with Crippen LogP contribution in [0.2, 0.25) is 0 Å². The van der Waals surface area contributed by atoms with E-state index in [-0.39, 0.29) is 49.0 Å². The highest BCUT2D eigenvalue weighted by Gasteiger charge is 2.52. The molecule has 0 aliphatic carbocycles. The maximum absolute atomic E-state index is 13.5. The van der Waals surface area contributed by atoms with Crippen molar-refractivity contribution in [1.29, 1.82) is 0 Å². The van der Waals surface area contributed by atoms with Gasteiger partial charge in [0.2, 0.25) is 0 Å². The van der Waals surface area contributed by atoms with E-state index in [9.17, 15) is 33.0 Å². The van der Waals surface area contributed by atoms with Crippen LogP contribution in [0, 0.1) is 0 Å². The molecule has 1 saturated heterocycles. The van der Waals surface area contributed by atoms with Crippen molar-refractivity contribution in [2.45, 2.75) is 43.7 Å². The number of halogens is 3. The number of aliphatic hydroxyl groups is 2. The standard InChI is InChI=1S/C27H26F3N5O4/c1-25(38,27(28,29)30)21-10-6-5-9-19(21)23(36)33-13-11-26(39,12-14-33)16-34-17-31-22-20(24(34)37)15-32-35(22)18-7-3-2-4-8-18/h2-10,15,17,38-39H,11-14,16H2,1H3. The van der Waals surface area contributed by atoms with Gasteiger partial charge in [-0.1, -0.05) is 36.4 Å². The quantitative estimate of drug-likeness (QED) is 0.402. The highest BCUT2D eigenvalue weighted by Crippen LogP contribution is 2.40. The molecule has 1 aliphatic heterocycles. The lowest BCUT2D eigenvalue weighted by atomic mass is 9.88. The lowest BCUT2D eigenvalue weighted by molar-refractivity contribution is -0.259. The second kappa shape index (κ2) is 9.62. The van der Waals surface area contributed by atoms with E-state index in [4.69, 9.17) is 0 Å². The Balaban J connectivity index is 1.32. The molecular weight excluding hydrogens is 515 g/mol. The largest absolute Gasteiger partial charge is 0.421 e. The molecule has 1 atom stereocenters. The molecule has 0 bridgehead atoms. The Hall–Kier alpha value is -4.03. The summed E-state index contributed by atoms with van der Waals surface area (Å²) in [7, 11) is 0. The smallest absolute Gasteiger partial charge is 0.388 e. The molecule has 4 aromatic rings. The van der Waals surface area contributed by atoms with Gasteiger partial charge in [-0.3, -0.25) is 14.2 Å². The molecule has 5 rings (SSSR count). The van der Waals surface area contributed by atoms with Crippen LogP contribution in [0.1, 0.15) is 35.7 Å². The Labute approximate surface area is 220 Å². The van der Waals surface area contributed by atoms with E-state index in [1.807, 2.05) is 30.3 Å². The zero-order valence-electron chi connectivity index (χ0n) is 21.0. The summed E-state index contributed by atoms with van der Waals surface area (Å²) in [5.74, 6) is -0.675. The third-order valence-corrected chi connectivity index (χ3v) is 7.24. The monoisotopic (exact) mass is 541 g/mol. The van der Waals surface area contributed by atoms with Gasteiger partial charge in [0.25, 0.3) is 11.5 Å². The molecule has 1 unspecified atom stereocenters. The first kappa shape index (κ1) is 26.6. The summed E-state index contributed by atoms with van der Waals surface area (Å²) in [5, 5.41) is 26.0. The number of amides is 1. The van der Waals surface area contributed by atoms with Crippen LogP contribution in [0.5, 0.6) is 0 Å². The van der Waals surface area contributed by atoms with Crippen LogP contribution in [0.15, 0.2) is 71.9 Å². The average molecular weight is 542 g/mol. The molecule has 9 nitrogen and oxygen atoms in total. The molecule has 204 valence electrons. The van der Waals surface area contributed by atoms with Gasteiger partial charge < -0.3 is 15.1 Å². The normalized spacial score (nSPS) is 17.2. The molecule has 1 aliphatic rings. The Morgan fingerprint density at radius 3 is 2.36 bits per heavy atom. The number of hydrogen-bond acceptors (Lipinski definition) is 6. The highest BCUT2D eigenvalue weighted by molar-refractivity contribution is 5.96. The third kappa shape index (κ3) is 4.81. The Morgan fingerprint density at radius 1 is 1.05 bits per heavy atom. The van der Waals surface area contributed by atoms with Crippen LogP contribution < -0.4 is 5.56 Å². The first-order valence-electron chi connectivity index (χ1n) is 12.3. The van der Waals surface area contributed by atoms with Crippen LogP contribution in [0.25, 0.3) is 16.7 Å². The van der Waals surface area contributed by atoms with E-state index in [1.54, 1.807) is 4.68 Å². The summed E-state index contributed by atoms with van der Waals surface area (Å²) in [5.41, 5.74) is -4.61. The van der Waals surface area contributed by atoms with Crippen molar-refractivity contribution in [1.82, 2.24) is 24.2 Å². The number of benzene rings is 2. The lowest BCUT2D eigenvalue weighted by Gasteiger charge is -2.39. The predicted molar refractivity (Wildman–Crippen MR) is 135 cm³/mol. The minimum atomic E-state index is -4.98. The van der Waals surface area contributed by atoms with Gasteiger partial charge in [-0.2, -0.15) is 18.3 Å². The van der Waals surface area contributed by atoms with Gasteiger partial charge >= 0.3 is 6.18 Å². The number of fused-ring (bicyclic) bond motifs is 1. The second-order valence-corrected chi connectivity index (χ2v) is 9.94. The molecule has 39 heavy (non-hydrogen) atoms. The molecule has 2 aromatic carbocycles. The topological polar surface area (TPSA) is 113 Å². The van der Waals surface area contributed by atoms with Gasteiger partial charge in [-0.25, -0.2) is 9.67 Å². The van der Waals surface area contributed by atoms with Crippen molar-refractivity contribution < 1.29 is 28.2 Å². The summed E-state index contributed by atoms with van der Waals surface area (Å²) in [6.45, 7) is 0.634. The number of carbonyl (C=O) groups is 1. The van der Waals surface area contributed by atoms with E-state index in [0.29, 0.717) is 12.6 Å². The molecule has 12 heteroatoms. The number of aromatic nitrogens is 4. The molecule has 0 saturated carbocycles. The fourth-order valence-corrected chi connectivity index (χ4v) is 4.84. The van der Waals surface area contributed by atoms with E-state index in [0.717, 1.165) is 11.8 Å². The fraction of sp³-hybridized carbons (Fsp3) is 0.333. The number of carbonyl (C=O) groups excluding carboxylic acids is 1. The van der Waals surface area contributed by atoms with Crippen molar-refractivity contribution in [2.75, 3.05) is 13.1 Å². The van der Waals surface area contributed by atoms with Crippen LogP contribution in [0.4, 0.5) is 13.2 Å². The van der Waals surface area contributed by atoms with E-state index in [1.165, 1.54) is 40.2 Å². The summed E-state index contributed by atoms with van der Waals surface area (Å²) < 4.78 is 43.3. The summed E-state index contributed by atoms with van der Waals surface area (Å²) in [6.07, 6.45) is -2.04. The zero-order chi connectivity index (χ0) is 28.0. The molecule has 0 radical (unpaired) electrons. The Kier molecular flexibility index (Phi) is 6.55. The van der Waals surface area contributed by atoms with Gasteiger partial charge in [0, 0.05) is 24.2 Å². The SMILES string of the molecule is CC(O)(c1ccccc1C(=O)N1CCC(O)(Cn2cnc3c(cnn3-c3ccccc3)c2=O)CC1)C(F)(F)F. The predicted octanol–water partition coefficient (Wildman–Crippen LogP) is 3.02. The summed E-state index contributed by atoms with van der Waals surface area (Å²) in [6, 6.07) is 14.3. The maximum atomic E-state index is 13.5. The number of rotatable bonds is 5. The summed E-state index contributed by atoms with van der Waals surface area (Å²) in [4.78, 5) is 32.0. The van der Waals surface area contributed by atoms with Gasteiger partial charge in [0.15, 0.2) is 11.2 Å². The molecule has 1 fully saturated rings. The van der Waals surface area contributed by atoms with Gasteiger partial charge in [0.1, 0.15) is 11.7 Å². The van der Waals surface area contributed by atoms with Crippen molar-refractivity contribution in [3.8, 4) is 5.69 Å². The molecule has 2 N–H and O–H groups in total. The van der Waals surface area contributed by atoms with Crippen molar-refractivity contribution in [3.63, 3.8) is 0 Å². The fourth-order valence-electron chi connectivity index (χ4n) is 4.84. The number of para-hydroxylation sites is 1. The van der Waals surface area contributed by atoms with Crippen LogP contribution in [0.3, 0.4) is 0 Å². The highest BCUT2D eigenvalue weighted by atomic mass is 19.4. The number of alkyl halides is 3.